The van der Waals surface area contributed by atoms with Crippen molar-refractivity contribution in [1.29, 1.82) is 0 Å². The molecular weight excluding hydrogens is 262 g/mol. The number of nitrogens with two attached hydrogens (primary N) is 1. The van der Waals surface area contributed by atoms with Crippen molar-refractivity contribution in [3.8, 4) is 11.5 Å². The minimum Gasteiger partial charge on any atom is -0.334 e. The lowest BCUT2D eigenvalue weighted by Gasteiger charge is -2.23. The fraction of sp³-hybridized carbons (Fsp3) is 0.529. The molecule has 4 nitrogen and oxygen atoms in total. The Hall–Kier alpha value is -1.68. The van der Waals surface area contributed by atoms with E-state index in [1.807, 2.05) is 6.07 Å². The van der Waals surface area contributed by atoms with Gasteiger partial charge in [0.1, 0.15) is 0 Å². The Kier molecular flexibility index (Phi) is 3.81. The van der Waals surface area contributed by atoms with Gasteiger partial charge in [-0.3, -0.25) is 0 Å². The molecule has 112 valence electrons. The van der Waals surface area contributed by atoms with Gasteiger partial charge in [0.05, 0.1) is 5.54 Å². The highest BCUT2D eigenvalue weighted by Crippen LogP contribution is 2.34. The second-order valence-corrected chi connectivity index (χ2v) is 6.26. The van der Waals surface area contributed by atoms with Gasteiger partial charge in [-0.2, -0.15) is 4.98 Å². The van der Waals surface area contributed by atoms with Crippen LogP contribution in [0.4, 0.5) is 0 Å². The van der Waals surface area contributed by atoms with E-state index in [1.54, 1.807) is 0 Å². The van der Waals surface area contributed by atoms with Gasteiger partial charge in [0, 0.05) is 5.56 Å². The first kappa shape index (κ1) is 14.3. The number of nitrogens with zero attached hydrogens (tertiary/aromatic N) is 2. The molecule has 0 amide bonds. The normalized spacial score (nSPS) is 18.4. The number of rotatable bonds is 2. The first-order chi connectivity index (χ1) is 10.1. The number of aryl methyl sites for hydroxylation is 2. The molecule has 0 radical (unpaired) electrons. The summed E-state index contributed by atoms with van der Waals surface area (Å²) in [7, 11) is 0. The molecule has 0 bridgehead atoms. The average Bonchev–Trinajstić information content (AvgIpc) is 2.83. The Morgan fingerprint density at radius 3 is 2.29 bits per heavy atom. The molecule has 0 atom stereocenters. The summed E-state index contributed by atoms with van der Waals surface area (Å²) >= 11 is 0. The van der Waals surface area contributed by atoms with Crippen LogP contribution in [0.3, 0.4) is 0 Å². The number of hydrogen-bond acceptors (Lipinski definition) is 4. The molecule has 3 rings (SSSR count). The maximum Gasteiger partial charge on any atom is 0.258 e. The molecule has 4 heteroatoms. The van der Waals surface area contributed by atoms with Crippen LogP contribution in [0.1, 0.15) is 55.5 Å². The molecule has 1 saturated carbocycles. The maximum absolute atomic E-state index is 6.56. The van der Waals surface area contributed by atoms with Gasteiger partial charge < -0.3 is 10.3 Å². The summed E-state index contributed by atoms with van der Waals surface area (Å²) in [5.41, 5.74) is 9.48. The molecule has 1 aromatic heterocycles. The van der Waals surface area contributed by atoms with Gasteiger partial charge in [0.2, 0.25) is 0 Å². The van der Waals surface area contributed by atoms with Crippen LogP contribution in [0.5, 0.6) is 0 Å². The van der Waals surface area contributed by atoms with Gasteiger partial charge in [-0.1, -0.05) is 49.0 Å². The minimum absolute atomic E-state index is 0.422. The highest BCUT2D eigenvalue weighted by Gasteiger charge is 2.33. The molecule has 1 aliphatic carbocycles. The third-order valence-electron chi connectivity index (χ3n) is 4.56. The van der Waals surface area contributed by atoms with Crippen molar-refractivity contribution in [2.75, 3.05) is 0 Å². The smallest absolute Gasteiger partial charge is 0.258 e. The number of benzene rings is 1. The minimum atomic E-state index is -0.422. The Balaban J connectivity index is 1.96. The van der Waals surface area contributed by atoms with Crippen molar-refractivity contribution in [3.05, 3.63) is 35.2 Å². The molecule has 1 fully saturated rings. The monoisotopic (exact) mass is 285 g/mol. The Bertz CT molecular complexity index is 604. The van der Waals surface area contributed by atoms with E-state index >= 15 is 0 Å². The zero-order valence-electron chi connectivity index (χ0n) is 12.9. The molecule has 1 aliphatic rings. The summed E-state index contributed by atoms with van der Waals surface area (Å²) in [5, 5.41) is 4.20. The van der Waals surface area contributed by atoms with Crippen molar-refractivity contribution in [1.82, 2.24) is 10.1 Å². The lowest BCUT2D eigenvalue weighted by Crippen LogP contribution is -2.37. The van der Waals surface area contributed by atoms with E-state index in [1.165, 1.54) is 12.8 Å². The lowest BCUT2D eigenvalue weighted by molar-refractivity contribution is 0.334. The van der Waals surface area contributed by atoms with E-state index in [9.17, 15) is 0 Å². The largest absolute Gasteiger partial charge is 0.334 e. The van der Waals surface area contributed by atoms with Crippen LogP contribution >= 0.6 is 0 Å². The molecule has 21 heavy (non-hydrogen) atoms. The maximum atomic E-state index is 6.56. The fourth-order valence-corrected chi connectivity index (χ4v) is 3.26. The second-order valence-electron chi connectivity index (χ2n) is 6.26. The van der Waals surface area contributed by atoms with Crippen LogP contribution in [0.25, 0.3) is 11.5 Å². The molecule has 0 aliphatic heterocycles. The fourth-order valence-electron chi connectivity index (χ4n) is 3.26. The van der Waals surface area contributed by atoms with E-state index in [0.717, 1.165) is 42.4 Å². The van der Waals surface area contributed by atoms with Crippen LogP contribution in [-0.2, 0) is 5.54 Å². The SMILES string of the molecule is Cc1cccc(C)c1-c1nc(C2(N)CCCCCC2)no1. The molecule has 0 unspecified atom stereocenters. The van der Waals surface area contributed by atoms with Crippen molar-refractivity contribution in [2.24, 2.45) is 5.73 Å². The first-order valence-electron chi connectivity index (χ1n) is 7.80. The van der Waals surface area contributed by atoms with Crippen molar-refractivity contribution < 1.29 is 4.52 Å². The van der Waals surface area contributed by atoms with E-state index in [-0.39, 0.29) is 0 Å². The average molecular weight is 285 g/mol. The van der Waals surface area contributed by atoms with E-state index < -0.39 is 5.54 Å². The van der Waals surface area contributed by atoms with Crippen LogP contribution in [-0.4, -0.2) is 10.1 Å². The van der Waals surface area contributed by atoms with E-state index in [4.69, 9.17) is 10.3 Å². The van der Waals surface area contributed by atoms with Crippen molar-refractivity contribution in [3.63, 3.8) is 0 Å². The topological polar surface area (TPSA) is 64.9 Å². The zero-order chi connectivity index (χ0) is 14.9. The molecule has 0 saturated heterocycles. The third-order valence-corrected chi connectivity index (χ3v) is 4.56. The van der Waals surface area contributed by atoms with E-state index in [0.29, 0.717) is 11.7 Å². The molecular formula is C17H23N3O. The predicted octanol–water partition coefficient (Wildman–Crippen LogP) is 3.86. The van der Waals surface area contributed by atoms with Gasteiger partial charge in [0.15, 0.2) is 5.82 Å². The lowest BCUT2D eigenvalue weighted by atomic mass is 9.91. The summed E-state index contributed by atoms with van der Waals surface area (Å²) in [5.74, 6) is 1.26. The van der Waals surface area contributed by atoms with Gasteiger partial charge >= 0.3 is 0 Å². The summed E-state index contributed by atoms with van der Waals surface area (Å²) in [4.78, 5) is 4.64. The highest BCUT2D eigenvalue weighted by atomic mass is 16.5. The van der Waals surface area contributed by atoms with E-state index in [2.05, 4.69) is 36.1 Å². The number of aromatic nitrogens is 2. The molecule has 0 spiro atoms. The first-order valence-corrected chi connectivity index (χ1v) is 7.80. The number of hydrogen-bond donors (Lipinski definition) is 1. The van der Waals surface area contributed by atoms with Crippen molar-refractivity contribution >= 4 is 0 Å². The van der Waals surface area contributed by atoms with Crippen LogP contribution in [0.2, 0.25) is 0 Å². The quantitative estimate of drug-likeness (QED) is 0.851. The summed E-state index contributed by atoms with van der Waals surface area (Å²) < 4.78 is 5.53. The summed E-state index contributed by atoms with van der Waals surface area (Å²) in [6.45, 7) is 4.13. The summed E-state index contributed by atoms with van der Waals surface area (Å²) in [6, 6.07) is 6.17. The van der Waals surface area contributed by atoms with Crippen LogP contribution in [0, 0.1) is 13.8 Å². The Morgan fingerprint density at radius 1 is 1.05 bits per heavy atom. The van der Waals surface area contributed by atoms with Crippen LogP contribution < -0.4 is 5.73 Å². The third kappa shape index (κ3) is 2.72. The van der Waals surface area contributed by atoms with Crippen molar-refractivity contribution in [2.45, 2.75) is 57.9 Å². The predicted molar refractivity (Wildman–Crippen MR) is 82.8 cm³/mol. The molecule has 2 N–H and O–H groups in total. The molecule has 1 aromatic carbocycles. The molecule has 2 aromatic rings. The Morgan fingerprint density at radius 2 is 1.67 bits per heavy atom. The standard InChI is InChI=1S/C17H23N3O/c1-12-8-7-9-13(2)14(12)15-19-16(20-21-15)17(18)10-5-3-4-6-11-17/h7-9H,3-6,10-11,18H2,1-2H3. The zero-order valence-corrected chi connectivity index (χ0v) is 12.9. The summed E-state index contributed by atoms with van der Waals surface area (Å²) in [6.07, 6.45) is 6.67. The Labute approximate surface area is 125 Å². The van der Waals surface area contributed by atoms with Gasteiger partial charge in [-0.15, -0.1) is 0 Å². The van der Waals surface area contributed by atoms with Crippen LogP contribution in [0.15, 0.2) is 22.7 Å². The highest BCUT2D eigenvalue weighted by molar-refractivity contribution is 5.62. The second kappa shape index (κ2) is 5.60. The van der Waals surface area contributed by atoms with Gasteiger partial charge in [-0.05, 0) is 37.8 Å². The van der Waals surface area contributed by atoms with Gasteiger partial charge in [0.25, 0.3) is 5.89 Å². The molecule has 1 heterocycles. The van der Waals surface area contributed by atoms with Gasteiger partial charge in [-0.25, -0.2) is 0 Å².